The van der Waals surface area contributed by atoms with Crippen LogP contribution in [0.5, 0.6) is 0 Å². The van der Waals surface area contributed by atoms with Crippen molar-refractivity contribution in [3.63, 3.8) is 0 Å². The summed E-state index contributed by atoms with van der Waals surface area (Å²) >= 11 is 0. The number of aliphatic imine (C=N–C) groups is 1. The largest absolute Gasteiger partial charge is 0.298 e. The Morgan fingerprint density at radius 1 is 1.57 bits per heavy atom. The van der Waals surface area contributed by atoms with Crippen molar-refractivity contribution in [2.45, 2.75) is 13.5 Å². The van der Waals surface area contributed by atoms with Crippen LogP contribution in [-0.2, 0) is 11.3 Å². The Balaban J connectivity index is 3.19. The zero-order valence-electron chi connectivity index (χ0n) is 7.58. The van der Waals surface area contributed by atoms with Crippen LogP contribution < -0.4 is 0 Å². The minimum Gasteiger partial charge on any atom is -0.298 e. The second-order valence-corrected chi connectivity index (χ2v) is 2.83. The van der Waals surface area contributed by atoms with Gasteiger partial charge in [0.15, 0.2) is 6.29 Å². The van der Waals surface area contributed by atoms with Crippen molar-refractivity contribution in [3.8, 4) is 0 Å². The third-order valence-electron chi connectivity index (χ3n) is 1.86. The molecule has 72 valence electrons. The van der Waals surface area contributed by atoms with Crippen LogP contribution in [0.2, 0.25) is 0 Å². The first-order valence-corrected chi connectivity index (χ1v) is 3.97. The van der Waals surface area contributed by atoms with Gasteiger partial charge in [0, 0.05) is 5.56 Å². The summed E-state index contributed by atoms with van der Waals surface area (Å²) < 4.78 is 13.0. The molecule has 0 aliphatic carbocycles. The Bertz CT molecular complexity index is 409. The molecule has 0 spiro atoms. The molecule has 0 saturated carbocycles. The van der Waals surface area contributed by atoms with E-state index in [9.17, 15) is 14.0 Å². The van der Waals surface area contributed by atoms with Crippen LogP contribution in [0, 0.1) is 12.7 Å². The summed E-state index contributed by atoms with van der Waals surface area (Å²) in [6.45, 7) is 1.64. The van der Waals surface area contributed by atoms with Gasteiger partial charge in [-0.2, -0.15) is 0 Å². The predicted octanol–water partition coefficient (Wildman–Crippen LogP) is 1.78. The molecule has 0 amide bonds. The second kappa shape index (κ2) is 4.44. The Kier molecular flexibility index (Phi) is 3.26. The molecule has 0 saturated heterocycles. The normalized spacial score (nSPS) is 9.29. The van der Waals surface area contributed by atoms with Crippen LogP contribution in [0.15, 0.2) is 17.1 Å². The lowest BCUT2D eigenvalue weighted by molar-refractivity contribution is 0.112. The molecule has 1 aromatic carbocycles. The van der Waals surface area contributed by atoms with Crippen molar-refractivity contribution < 1.29 is 14.0 Å². The van der Waals surface area contributed by atoms with Crippen LogP contribution in [0.1, 0.15) is 21.5 Å². The molecule has 0 unspecified atom stereocenters. The summed E-state index contributed by atoms with van der Waals surface area (Å²) in [4.78, 5) is 23.8. The van der Waals surface area contributed by atoms with E-state index in [4.69, 9.17) is 0 Å². The van der Waals surface area contributed by atoms with E-state index in [1.807, 2.05) is 0 Å². The quantitative estimate of drug-likeness (QED) is 0.417. The standard InChI is InChI=1S/C10H8FNO2/c1-7-2-8(4-12-6-14)9(5-13)3-10(7)11/h2-3,5H,4H2,1H3. The first-order valence-electron chi connectivity index (χ1n) is 3.97. The third-order valence-corrected chi connectivity index (χ3v) is 1.86. The number of carbonyl (C=O) groups is 1. The number of aldehydes is 1. The van der Waals surface area contributed by atoms with Gasteiger partial charge in [-0.15, -0.1) is 0 Å². The highest BCUT2D eigenvalue weighted by Gasteiger charge is 2.05. The van der Waals surface area contributed by atoms with E-state index in [1.54, 1.807) is 6.92 Å². The number of hydrogen-bond donors (Lipinski definition) is 0. The zero-order chi connectivity index (χ0) is 10.6. The van der Waals surface area contributed by atoms with Crippen molar-refractivity contribution in [1.29, 1.82) is 0 Å². The molecule has 0 heterocycles. The summed E-state index contributed by atoms with van der Waals surface area (Å²) in [5.41, 5.74) is 1.17. The van der Waals surface area contributed by atoms with E-state index in [1.165, 1.54) is 12.1 Å². The molecule has 0 bridgehead atoms. The molecule has 3 nitrogen and oxygen atoms in total. The Labute approximate surface area is 80.3 Å². The molecule has 14 heavy (non-hydrogen) atoms. The predicted molar refractivity (Wildman–Crippen MR) is 48.4 cm³/mol. The summed E-state index contributed by atoms with van der Waals surface area (Å²) in [5.74, 6) is -0.439. The van der Waals surface area contributed by atoms with Gasteiger partial charge in [0.2, 0.25) is 6.08 Å². The van der Waals surface area contributed by atoms with Crippen molar-refractivity contribution in [1.82, 2.24) is 0 Å². The number of hydrogen-bond acceptors (Lipinski definition) is 3. The van der Waals surface area contributed by atoms with Gasteiger partial charge < -0.3 is 0 Å². The fourth-order valence-electron chi connectivity index (χ4n) is 1.12. The minimum atomic E-state index is -0.439. The molecule has 0 atom stereocenters. The van der Waals surface area contributed by atoms with Crippen LogP contribution >= 0.6 is 0 Å². The first-order chi connectivity index (χ1) is 6.69. The molecule has 1 aromatic rings. The highest BCUT2D eigenvalue weighted by atomic mass is 19.1. The SMILES string of the molecule is Cc1cc(CN=C=O)c(C=O)cc1F. The molecule has 0 fully saturated rings. The molecule has 0 radical (unpaired) electrons. The van der Waals surface area contributed by atoms with Gasteiger partial charge >= 0.3 is 0 Å². The average molecular weight is 193 g/mol. The number of isocyanates is 1. The maximum atomic E-state index is 13.0. The number of nitrogens with zero attached hydrogens (tertiary/aromatic N) is 1. The lowest BCUT2D eigenvalue weighted by Crippen LogP contribution is -1.95. The van der Waals surface area contributed by atoms with Crippen LogP contribution in [0.25, 0.3) is 0 Å². The molecular formula is C10H8FNO2. The number of carbonyl (C=O) groups excluding carboxylic acids is 2. The van der Waals surface area contributed by atoms with E-state index < -0.39 is 5.82 Å². The van der Waals surface area contributed by atoms with Crippen molar-refractivity contribution >= 4 is 12.4 Å². The van der Waals surface area contributed by atoms with E-state index in [2.05, 4.69) is 4.99 Å². The zero-order valence-corrected chi connectivity index (χ0v) is 7.58. The van der Waals surface area contributed by atoms with Gasteiger partial charge in [0.1, 0.15) is 5.82 Å². The van der Waals surface area contributed by atoms with Gasteiger partial charge in [-0.25, -0.2) is 14.2 Å². The van der Waals surface area contributed by atoms with E-state index in [-0.39, 0.29) is 12.1 Å². The van der Waals surface area contributed by atoms with Gasteiger partial charge in [-0.3, -0.25) is 4.79 Å². The summed E-state index contributed by atoms with van der Waals surface area (Å²) in [6, 6.07) is 2.64. The van der Waals surface area contributed by atoms with E-state index in [0.29, 0.717) is 17.4 Å². The Morgan fingerprint density at radius 3 is 2.86 bits per heavy atom. The van der Waals surface area contributed by atoms with Gasteiger partial charge in [0.25, 0.3) is 0 Å². The lowest BCUT2D eigenvalue weighted by atomic mass is 10.1. The van der Waals surface area contributed by atoms with Gasteiger partial charge in [0.05, 0.1) is 6.54 Å². The van der Waals surface area contributed by atoms with Gasteiger partial charge in [-0.05, 0) is 24.1 Å². The lowest BCUT2D eigenvalue weighted by Gasteiger charge is -2.03. The smallest absolute Gasteiger partial charge is 0.235 e. The molecule has 0 aliphatic rings. The fourth-order valence-corrected chi connectivity index (χ4v) is 1.12. The molecule has 4 heteroatoms. The monoisotopic (exact) mass is 193 g/mol. The molecule has 0 N–H and O–H groups in total. The van der Waals surface area contributed by atoms with Gasteiger partial charge in [-0.1, -0.05) is 6.07 Å². The Morgan fingerprint density at radius 2 is 2.29 bits per heavy atom. The number of halogens is 1. The number of rotatable bonds is 3. The molecule has 1 rings (SSSR count). The maximum absolute atomic E-state index is 13.0. The molecule has 0 aliphatic heterocycles. The minimum absolute atomic E-state index is 0.0543. The summed E-state index contributed by atoms with van der Waals surface area (Å²) in [7, 11) is 0. The average Bonchev–Trinajstić information content (AvgIpc) is 2.19. The maximum Gasteiger partial charge on any atom is 0.235 e. The van der Waals surface area contributed by atoms with Crippen LogP contribution in [-0.4, -0.2) is 12.4 Å². The number of aryl methyl sites for hydroxylation is 1. The fraction of sp³-hybridized carbons (Fsp3) is 0.200. The highest BCUT2D eigenvalue weighted by Crippen LogP contribution is 2.14. The first kappa shape index (κ1) is 10.3. The van der Waals surface area contributed by atoms with Crippen molar-refractivity contribution in [2.75, 3.05) is 0 Å². The van der Waals surface area contributed by atoms with Crippen LogP contribution in [0.3, 0.4) is 0 Å². The number of benzene rings is 1. The van der Waals surface area contributed by atoms with Crippen LogP contribution in [0.4, 0.5) is 4.39 Å². The Hall–Kier alpha value is -1.80. The summed E-state index contributed by atoms with van der Waals surface area (Å²) in [5, 5.41) is 0. The van der Waals surface area contributed by atoms with E-state index in [0.717, 1.165) is 6.07 Å². The molecular weight excluding hydrogens is 185 g/mol. The highest BCUT2D eigenvalue weighted by molar-refractivity contribution is 5.77. The summed E-state index contributed by atoms with van der Waals surface area (Å²) in [6.07, 6.45) is 1.91. The van der Waals surface area contributed by atoms with Crippen molar-refractivity contribution in [3.05, 3.63) is 34.6 Å². The molecule has 0 aromatic heterocycles. The third kappa shape index (κ3) is 2.12. The topological polar surface area (TPSA) is 46.5 Å². The van der Waals surface area contributed by atoms with Crippen molar-refractivity contribution in [2.24, 2.45) is 4.99 Å². The van der Waals surface area contributed by atoms with E-state index >= 15 is 0 Å². The second-order valence-electron chi connectivity index (χ2n) is 2.83.